The van der Waals surface area contributed by atoms with Crippen LogP contribution in [-0.4, -0.2) is 75.4 Å². The van der Waals surface area contributed by atoms with Crippen LogP contribution >= 0.6 is 0 Å². The topological polar surface area (TPSA) is 27.7 Å². The van der Waals surface area contributed by atoms with Crippen LogP contribution in [0.5, 0.6) is 0 Å². The van der Waals surface area contributed by atoms with Gasteiger partial charge in [-0.3, -0.25) is 0 Å². The molecule has 0 amide bonds. The van der Waals surface area contributed by atoms with Crippen LogP contribution in [0.25, 0.3) is 0 Å². The Bertz CT molecular complexity index is 312. The molecule has 0 bridgehead atoms. The summed E-state index contributed by atoms with van der Waals surface area (Å²) in [5, 5.41) is 3.49. The molecule has 0 spiro atoms. The van der Waals surface area contributed by atoms with Gasteiger partial charge in [0.05, 0.1) is 6.61 Å². The van der Waals surface area contributed by atoms with E-state index in [9.17, 15) is 0 Å². The van der Waals surface area contributed by atoms with Gasteiger partial charge in [-0.1, -0.05) is 0 Å². The van der Waals surface area contributed by atoms with Crippen molar-refractivity contribution >= 4 is 0 Å². The predicted octanol–water partition coefficient (Wildman–Crippen LogP) is 1.03. The summed E-state index contributed by atoms with van der Waals surface area (Å²) in [6.45, 7) is 6.98. The van der Waals surface area contributed by atoms with Crippen molar-refractivity contribution in [2.24, 2.45) is 11.8 Å². The highest BCUT2D eigenvalue weighted by atomic mass is 16.5. The van der Waals surface area contributed by atoms with Crippen molar-refractivity contribution in [2.75, 3.05) is 53.5 Å². The smallest absolute Gasteiger partial charge is 0.0521 e. The third-order valence-corrected chi connectivity index (χ3v) is 5.77. The van der Waals surface area contributed by atoms with Crippen molar-refractivity contribution in [1.29, 1.82) is 0 Å². The molecule has 4 heteroatoms. The summed E-state index contributed by atoms with van der Waals surface area (Å²) in [6.07, 6.45) is 5.35. The van der Waals surface area contributed by atoms with E-state index in [1.54, 1.807) is 0 Å². The third-order valence-electron chi connectivity index (χ3n) is 5.77. The van der Waals surface area contributed by atoms with Crippen LogP contribution in [0.2, 0.25) is 0 Å². The number of ether oxygens (including phenoxy) is 1. The minimum Gasteiger partial charge on any atom is -0.381 e. The highest BCUT2D eigenvalue weighted by Crippen LogP contribution is 2.30. The molecule has 4 unspecified atom stereocenters. The second-order valence-electron chi connectivity index (χ2n) is 7.02. The number of nitrogens with one attached hydrogen (secondary N) is 1. The van der Waals surface area contributed by atoms with E-state index in [1.807, 2.05) is 0 Å². The Balaban J connectivity index is 1.53. The molecule has 0 aromatic carbocycles. The summed E-state index contributed by atoms with van der Waals surface area (Å²) < 4.78 is 5.70. The molecule has 0 saturated carbocycles. The number of rotatable bonds is 3. The molecule has 0 aromatic rings. The molecule has 3 heterocycles. The zero-order chi connectivity index (χ0) is 13.9. The van der Waals surface area contributed by atoms with Crippen LogP contribution in [0.15, 0.2) is 0 Å². The Morgan fingerprint density at radius 2 is 2.10 bits per heavy atom. The highest BCUT2D eigenvalue weighted by molar-refractivity contribution is 4.91. The lowest BCUT2D eigenvalue weighted by molar-refractivity contribution is -0.00666. The van der Waals surface area contributed by atoms with Crippen LogP contribution in [0.3, 0.4) is 0 Å². The summed E-state index contributed by atoms with van der Waals surface area (Å²) in [5.74, 6) is 1.58. The van der Waals surface area contributed by atoms with Gasteiger partial charge in [0.25, 0.3) is 0 Å². The Morgan fingerprint density at radius 1 is 1.20 bits per heavy atom. The summed E-state index contributed by atoms with van der Waals surface area (Å²) in [6, 6.07) is 1.50. The van der Waals surface area contributed by atoms with Gasteiger partial charge in [-0.25, -0.2) is 0 Å². The van der Waals surface area contributed by atoms with E-state index < -0.39 is 0 Å². The first-order valence-electron chi connectivity index (χ1n) is 8.45. The molecule has 4 atom stereocenters. The molecule has 0 radical (unpaired) electrons. The number of fused-ring (bicyclic) bond motifs is 1. The van der Waals surface area contributed by atoms with Gasteiger partial charge in [0.1, 0.15) is 0 Å². The molecule has 4 nitrogen and oxygen atoms in total. The van der Waals surface area contributed by atoms with Crippen molar-refractivity contribution in [2.45, 2.75) is 37.8 Å². The second-order valence-corrected chi connectivity index (χ2v) is 7.02. The lowest BCUT2D eigenvalue weighted by Gasteiger charge is -2.47. The molecule has 116 valence electrons. The zero-order valence-electron chi connectivity index (χ0n) is 13.2. The fraction of sp³-hybridized carbons (Fsp3) is 1.00. The normalized spacial score (nSPS) is 40.5. The number of nitrogens with zero attached hydrogens (tertiary/aromatic N) is 2. The molecule has 3 fully saturated rings. The minimum absolute atomic E-state index is 0.649. The van der Waals surface area contributed by atoms with Crippen molar-refractivity contribution < 1.29 is 4.74 Å². The summed E-state index contributed by atoms with van der Waals surface area (Å²) in [7, 11) is 4.42. The van der Waals surface area contributed by atoms with Crippen molar-refractivity contribution in [1.82, 2.24) is 15.1 Å². The molecule has 0 aromatic heterocycles. The number of likely N-dealkylation sites (tertiary alicyclic amines) is 2. The Hall–Kier alpha value is -0.160. The fourth-order valence-corrected chi connectivity index (χ4v) is 4.58. The quantitative estimate of drug-likeness (QED) is 0.836. The largest absolute Gasteiger partial charge is 0.381 e. The Morgan fingerprint density at radius 3 is 2.95 bits per heavy atom. The molecule has 3 aliphatic heterocycles. The zero-order valence-corrected chi connectivity index (χ0v) is 13.2. The molecular weight excluding hydrogens is 250 g/mol. The van der Waals surface area contributed by atoms with Gasteiger partial charge in [-0.2, -0.15) is 0 Å². The van der Waals surface area contributed by atoms with Gasteiger partial charge in [0.15, 0.2) is 0 Å². The van der Waals surface area contributed by atoms with E-state index in [2.05, 4.69) is 29.2 Å². The van der Waals surface area contributed by atoms with Gasteiger partial charge < -0.3 is 19.9 Å². The van der Waals surface area contributed by atoms with Crippen molar-refractivity contribution in [3.05, 3.63) is 0 Å². The SMILES string of the molecule is CNC1CCOCC1CN1CCC2C(CCCN2C)C1. The summed E-state index contributed by atoms with van der Waals surface area (Å²) in [5.41, 5.74) is 0. The average molecular weight is 281 g/mol. The molecule has 3 saturated heterocycles. The number of hydrogen-bond donors (Lipinski definition) is 1. The maximum absolute atomic E-state index is 5.70. The van der Waals surface area contributed by atoms with Crippen LogP contribution in [0.1, 0.15) is 25.7 Å². The minimum atomic E-state index is 0.649. The standard InChI is InChI=1S/C16H31N3O/c1-17-15-6-9-20-12-14(15)11-19-8-5-16-13(10-19)4-3-7-18(16)2/h13-17H,3-12H2,1-2H3. The van der Waals surface area contributed by atoms with E-state index in [1.165, 1.54) is 51.9 Å². The van der Waals surface area contributed by atoms with E-state index in [0.717, 1.165) is 25.2 Å². The monoisotopic (exact) mass is 281 g/mol. The van der Waals surface area contributed by atoms with Gasteiger partial charge in [0.2, 0.25) is 0 Å². The van der Waals surface area contributed by atoms with E-state index in [4.69, 9.17) is 4.74 Å². The number of hydrogen-bond acceptors (Lipinski definition) is 4. The first-order valence-corrected chi connectivity index (χ1v) is 8.45. The Kier molecular flexibility index (Phi) is 4.97. The van der Waals surface area contributed by atoms with E-state index in [-0.39, 0.29) is 0 Å². The Labute approximate surface area is 123 Å². The maximum Gasteiger partial charge on any atom is 0.0521 e. The van der Waals surface area contributed by atoms with Crippen LogP contribution in [0.4, 0.5) is 0 Å². The first kappa shape index (κ1) is 14.8. The van der Waals surface area contributed by atoms with Crippen LogP contribution in [0, 0.1) is 11.8 Å². The number of piperidine rings is 2. The van der Waals surface area contributed by atoms with E-state index in [0.29, 0.717) is 12.0 Å². The van der Waals surface area contributed by atoms with Gasteiger partial charge in [-0.15, -0.1) is 0 Å². The third kappa shape index (κ3) is 3.19. The summed E-state index contributed by atoms with van der Waals surface area (Å²) >= 11 is 0. The van der Waals surface area contributed by atoms with Gasteiger partial charge >= 0.3 is 0 Å². The highest BCUT2D eigenvalue weighted by Gasteiger charge is 2.35. The van der Waals surface area contributed by atoms with Crippen molar-refractivity contribution in [3.8, 4) is 0 Å². The molecule has 20 heavy (non-hydrogen) atoms. The van der Waals surface area contributed by atoms with Gasteiger partial charge in [-0.05, 0) is 58.8 Å². The average Bonchev–Trinajstić information content (AvgIpc) is 2.48. The molecule has 3 aliphatic rings. The first-order chi connectivity index (χ1) is 9.78. The molecule has 0 aliphatic carbocycles. The summed E-state index contributed by atoms with van der Waals surface area (Å²) in [4.78, 5) is 5.32. The van der Waals surface area contributed by atoms with Crippen molar-refractivity contribution in [3.63, 3.8) is 0 Å². The lowest BCUT2D eigenvalue weighted by Crippen LogP contribution is -2.55. The molecular formula is C16H31N3O. The van der Waals surface area contributed by atoms with Crippen LogP contribution in [-0.2, 0) is 4.74 Å². The predicted molar refractivity (Wildman–Crippen MR) is 82.0 cm³/mol. The van der Waals surface area contributed by atoms with E-state index >= 15 is 0 Å². The molecule has 1 N–H and O–H groups in total. The second kappa shape index (κ2) is 6.73. The van der Waals surface area contributed by atoms with Gasteiger partial charge in [0, 0.05) is 37.7 Å². The lowest BCUT2D eigenvalue weighted by atomic mass is 9.83. The van der Waals surface area contributed by atoms with Crippen LogP contribution < -0.4 is 5.32 Å². The molecule has 3 rings (SSSR count). The fourth-order valence-electron chi connectivity index (χ4n) is 4.58. The maximum atomic E-state index is 5.70.